The Balaban J connectivity index is 2.05. The summed E-state index contributed by atoms with van der Waals surface area (Å²) in [5.41, 5.74) is 0.927. The largest absolute Gasteiger partial charge is 0.301 e. The van der Waals surface area contributed by atoms with Crippen molar-refractivity contribution in [3.05, 3.63) is 47.5 Å². The molecule has 1 aromatic carbocycles. The van der Waals surface area contributed by atoms with E-state index in [2.05, 4.69) is 26.2 Å². The van der Waals surface area contributed by atoms with Crippen LogP contribution in [0.3, 0.4) is 0 Å². The van der Waals surface area contributed by atoms with Gasteiger partial charge in [0.25, 0.3) is 0 Å². The highest BCUT2D eigenvalue weighted by molar-refractivity contribution is 9.09. The van der Waals surface area contributed by atoms with Crippen molar-refractivity contribution in [1.29, 1.82) is 0 Å². The van der Waals surface area contributed by atoms with Gasteiger partial charge in [0, 0.05) is 11.6 Å². The van der Waals surface area contributed by atoms with Crippen molar-refractivity contribution in [2.24, 2.45) is 0 Å². The fraction of sp³-hybridized carbons (Fsp3) is 0.0909. The highest BCUT2D eigenvalue weighted by Gasteiger charge is 2.17. The molecular formula is C11H9BrN2OS. The Hall–Kier alpha value is -1.20. The second-order valence-corrected chi connectivity index (χ2v) is 4.91. The van der Waals surface area contributed by atoms with Gasteiger partial charge in [0.15, 0.2) is 5.13 Å². The van der Waals surface area contributed by atoms with Gasteiger partial charge in [0.05, 0.1) is 0 Å². The van der Waals surface area contributed by atoms with Gasteiger partial charge in [-0.15, -0.1) is 11.3 Å². The standard InChI is InChI=1S/C11H9BrN2OS/c12-9(8-4-2-1-3-5-8)10(15)14-11-13-6-7-16-11/h1-7,9H,(H,13,14,15)/t9-/m1/s1. The Morgan fingerprint density at radius 3 is 2.75 bits per heavy atom. The average Bonchev–Trinajstić information content (AvgIpc) is 2.82. The van der Waals surface area contributed by atoms with E-state index >= 15 is 0 Å². The first-order chi connectivity index (χ1) is 7.77. The van der Waals surface area contributed by atoms with Crippen LogP contribution in [0.5, 0.6) is 0 Å². The van der Waals surface area contributed by atoms with Crippen molar-refractivity contribution in [3.8, 4) is 0 Å². The minimum atomic E-state index is -0.349. The molecule has 0 bridgehead atoms. The molecule has 1 N–H and O–H groups in total. The molecule has 1 aromatic heterocycles. The van der Waals surface area contributed by atoms with Gasteiger partial charge < -0.3 is 5.32 Å². The fourth-order valence-electron chi connectivity index (χ4n) is 1.23. The van der Waals surface area contributed by atoms with Gasteiger partial charge >= 0.3 is 0 Å². The molecule has 1 heterocycles. The molecule has 1 atom stereocenters. The molecule has 0 aliphatic carbocycles. The number of anilines is 1. The Morgan fingerprint density at radius 2 is 2.12 bits per heavy atom. The van der Waals surface area contributed by atoms with E-state index < -0.39 is 0 Å². The summed E-state index contributed by atoms with van der Waals surface area (Å²) in [6.45, 7) is 0. The number of aromatic nitrogens is 1. The van der Waals surface area contributed by atoms with E-state index in [9.17, 15) is 4.79 Å². The number of hydrogen-bond acceptors (Lipinski definition) is 3. The van der Waals surface area contributed by atoms with Gasteiger partial charge in [-0.3, -0.25) is 4.79 Å². The van der Waals surface area contributed by atoms with Crippen LogP contribution in [0.4, 0.5) is 5.13 Å². The van der Waals surface area contributed by atoms with Crippen molar-refractivity contribution >= 4 is 38.3 Å². The predicted molar refractivity (Wildman–Crippen MR) is 68.9 cm³/mol. The lowest BCUT2D eigenvalue weighted by Crippen LogP contribution is -2.16. The number of thiazole rings is 1. The van der Waals surface area contributed by atoms with Crippen molar-refractivity contribution in [2.45, 2.75) is 4.83 Å². The molecule has 16 heavy (non-hydrogen) atoms. The number of rotatable bonds is 3. The lowest BCUT2D eigenvalue weighted by atomic mass is 10.1. The van der Waals surface area contributed by atoms with E-state index in [-0.39, 0.29) is 10.7 Å². The number of amides is 1. The van der Waals surface area contributed by atoms with Crippen LogP contribution in [-0.2, 0) is 4.79 Å². The Bertz CT molecular complexity index is 458. The molecule has 2 aromatic rings. The van der Waals surface area contributed by atoms with Crippen LogP contribution in [-0.4, -0.2) is 10.9 Å². The number of nitrogens with one attached hydrogen (secondary N) is 1. The number of alkyl halides is 1. The van der Waals surface area contributed by atoms with Crippen LogP contribution < -0.4 is 5.32 Å². The van der Waals surface area contributed by atoms with Crippen LogP contribution in [0.25, 0.3) is 0 Å². The van der Waals surface area contributed by atoms with E-state index in [1.54, 1.807) is 6.20 Å². The quantitative estimate of drug-likeness (QED) is 0.884. The number of hydrogen-bond donors (Lipinski definition) is 1. The van der Waals surface area contributed by atoms with Gasteiger partial charge in [-0.05, 0) is 5.56 Å². The van der Waals surface area contributed by atoms with Gasteiger partial charge in [-0.1, -0.05) is 46.3 Å². The molecule has 0 saturated carbocycles. The van der Waals surface area contributed by atoms with Crippen molar-refractivity contribution in [1.82, 2.24) is 4.98 Å². The molecule has 0 unspecified atom stereocenters. The number of nitrogens with zero attached hydrogens (tertiary/aromatic N) is 1. The normalized spacial score (nSPS) is 12.1. The lowest BCUT2D eigenvalue weighted by Gasteiger charge is -2.08. The summed E-state index contributed by atoms with van der Waals surface area (Å²) in [7, 11) is 0. The van der Waals surface area contributed by atoms with Gasteiger partial charge in [-0.2, -0.15) is 0 Å². The first kappa shape index (κ1) is 11.3. The van der Waals surface area contributed by atoms with E-state index in [1.807, 2.05) is 35.7 Å². The second-order valence-electron chi connectivity index (χ2n) is 3.10. The van der Waals surface area contributed by atoms with Crippen LogP contribution >= 0.6 is 27.3 Å². The highest BCUT2D eigenvalue weighted by atomic mass is 79.9. The van der Waals surface area contributed by atoms with Crippen LogP contribution in [0.1, 0.15) is 10.4 Å². The minimum Gasteiger partial charge on any atom is -0.301 e. The monoisotopic (exact) mass is 296 g/mol. The summed E-state index contributed by atoms with van der Waals surface area (Å²) >= 11 is 4.76. The van der Waals surface area contributed by atoms with E-state index in [4.69, 9.17) is 0 Å². The van der Waals surface area contributed by atoms with Crippen molar-refractivity contribution in [2.75, 3.05) is 5.32 Å². The zero-order valence-corrected chi connectivity index (χ0v) is 10.7. The molecule has 1 amide bonds. The SMILES string of the molecule is O=C(Nc1nccs1)[C@H](Br)c1ccccc1. The third-order valence-electron chi connectivity index (χ3n) is 1.98. The number of carbonyl (C=O) groups excluding carboxylic acids is 1. The maximum absolute atomic E-state index is 11.8. The molecular weight excluding hydrogens is 288 g/mol. The van der Waals surface area contributed by atoms with Crippen molar-refractivity contribution < 1.29 is 4.79 Å². The summed E-state index contributed by atoms with van der Waals surface area (Å²) in [6, 6.07) is 9.53. The molecule has 0 radical (unpaired) electrons. The Morgan fingerprint density at radius 1 is 1.38 bits per heavy atom. The number of carbonyl (C=O) groups is 1. The summed E-state index contributed by atoms with van der Waals surface area (Å²) in [4.78, 5) is 15.5. The average molecular weight is 297 g/mol. The maximum atomic E-state index is 11.8. The topological polar surface area (TPSA) is 42.0 Å². The predicted octanol–water partition coefficient (Wildman–Crippen LogP) is 3.22. The minimum absolute atomic E-state index is 0.110. The third-order valence-corrected chi connectivity index (χ3v) is 3.62. The molecule has 2 rings (SSSR count). The first-order valence-electron chi connectivity index (χ1n) is 4.67. The second kappa shape index (κ2) is 5.23. The summed E-state index contributed by atoms with van der Waals surface area (Å²) < 4.78 is 0. The van der Waals surface area contributed by atoms with Gasteiger partial charge in [0.2, 0.25) is 5.91 Å². The van der Waals surface area contributed by atoms with Crippen LogP contribution in [0.2, 0.25) is 0 Å². The molecule has 0 saturated heterocycles. The molecule has 0 spiro atoms. The van der Waals surface area contributed by atoms with Gasteiger partial charge in [0.1, 0.15) is 4.83 Å². The molecule has 0 aliphatic rings. The lowest BCUT2D eigenvalue weighted by molar-refractivity contribution is -0.115. The van der Waals surface area contributed by atoms with E-state index in [1.165, 1.54) is 11.3 Å². The molecule has 0 fully saturated rings. The van der Waals surface area contributed by atoms with Crippen LogP contribution in [0, 0.1) is 0 Å². The summed E-state index contributed by atoms with van der Waals surface area (Å²) in [6.07, 6.45) is 1.66. The molecule has 3 nitrogen and oxygen atoms in total. The third kappa shape index (κ3) is 2.68. The van der Waals surface area contributed by atoms with Crippen LogP contribution in [0.15, 0.2) is 41.9 Å². The zero-order valence-electron chi connectivity index (χ0n) is 8.26. The molecule has 82 valence electrons. The summed E-state index contributed by atoms with van der Waals surface area (Å²) in [5.74, 6) is -0.110. The summed E-state index contributed by atoms with van der Waals surface area (Å²) in [5, 5.41) is 5.18. The first-order valence-corrected chi connectivity index (χ1v) is 6.46. The molecule has 0 aliphatic heterocycles. The fourth-order valence-corrected chi connectivity index (χ4v) is 2.18. The zero-order chi connectivity index (χ0) is 11.4. The Kier molecular flexibility index (Phi) is 3.69. The maximum Gasteiger partial charge on any atom is 0.244 e. The Labute approximate surface area is 106 Å². The van der Waals surface area contributed by atoms with Crippen molar-refractivity contribution in [3.63, 3.8) is 0 Å². The highest BCUT2D eigenvalue weighted by Crippen LogP contribution is 2.24. The van der Waals surface area contributed by atoms with E-state index in [0.717, 1.165) is 5.56 Å². The number of benzene rings is 1. The van der Waals surface area contributed by atoms with E-state index in [0.29, 0.717) is 5.13 Å². The molecule has 5 heteroatoms. The number of halogens is 1. The smallest absolute Gasteiger partial charge is 0.244 e. The van der Waals surface area contributed by atoms with Gasteiger partial charge in [-0.25, -0.2) is 4.98 Å².